The first-order chi connectivity index (χ1) is 17.9. The highest BCUT2D eigenvalue weighted by Gasteiger charge is 2.76. The van der Waals surface area contributed by atoms with Gasteiger partial charge in [-0.25, -0.2) is 0 Å². The Hall–Kier alpha value is -2.84. The molecule has 3 rings (SSSR count). The second kappa shape index (κ2) is 10.6. The number of alkyl halides is 3. The van der Waals surface area contributed by atoms with E-state index in [-0.39, 0.29) is 48.0 Å². The quantitative estimate of drug-likeness (QED) is 0.423. The molecule has 12 heteroatoms. The van der Waals surface area contributed by atoms with E-state index in [1.807, 2.05) is 11.4 Å². The van der Waals surface area contributed by atoms with Crippen molar-refractivity contribution in [2.75, 3.05) is 13.1 Å². The van der Waals surface area contributed by atoms with Crippen molar-refractivity contribution in [1.29, 1.82) is 5.26 Å². The van der Waals surface area contributed by atoms with Crippen molar-refractivity contribution in [2.24, 2.45) is 40.4 Å². The predicted molar refractivity (Wildman–Crippen MR) is 135 cm³/mol. The number of nitriles is 1. The van der Waals surface area contributed by atoms with Crippen LogP contribution in [0.3, 0.4) is 0 Å². The molecule has 0 spiro atoms. The summed E-state index contributed by atoms with van der Waals surface area (Å²) in [6, 6.07) is -1.49. The lowest BCUT2D eigenvalue weighted by Gasteiger charge is -2.40. The molecule has 0 aromatic rings. The minimum absolute atomic E-state index is 0.0581. The van der Waals surface area contributed by atoms with Gasteiger partial charge in [-0.2, -0.15) is 18.4 Å². The fourth-order valence-corrected chi connectivity index (χ4v) is 7.23. The molecule has 1 saturated carbocycles. The monoisotopic (exact) mass is 555 g/mol. The average molecular weight is 556 g/mol. The molecule has 218 valence electrons. The highest BCUT2D eigenvalue weighted by molar-refractivity contribution is 5.95. The molecule has 0 aromatic carbocycles. The number of carbonyl (C=O) groups is 4. The summed E-state index contributed by atoms with van der Waals surface area (Å²) in [6.45, 7) is 13.5. The molecule has 1 aliphatic carbocycles. The number of nitrogens with zero attached hydrogens (tertiary/aromatic N) is 2. The average Bonchev–Trinajstić information content (AvgIpc) is 3.05. The summed E-state index contributed by atoms with van der Waals surface area (Å²) >= 11 is 0. The Bertz CT molecular complexity index is 1040. The summed E-state index contributed by atoms with van der Waals surface area (Å²) < 4.78 is 39.3. The summed E-state index contributed by atoms with van der Waals surface area (Å²) in [6.07, 6.45) is -4.51. The van der Waals surface area contributed by atoms with Gasteiger partial charge in [-0.15, -0.1) is 0 Å². The number of amides is 4. The van der Waals surface area contributed by atoms with E-state index in [2.05, 4.69) is 38.3 Å². The van der Waals surface area contributed by atoms with Crippen molar-refractivity contribution in [3.8, 4) is 6.07 Å². The van der Waals surface area contributed by atoms with Crippen LogP contribution < -0.4 is 16.0 Å². The highest BCUT2D eigenvalue weighted by atomic mass is 19.4. The van der Waals surface area contributed by atoms with Gasteiger partial charge < -0.3 is 20.9 Å². The lowest BCUT2D eigenvalue weighted by Crippen LogP contribution is -2.61. The number of nitrogens with one attached hydrogen (secondary N) is 3. The third kappa shape index (κ3) is 5.59. The summed E-state index contributed by atoms with van der Waals surface area (Å²) in [5, 5.41) is 17.0. The molecule has 4 amide bonds. The third-order valence-electron chi connectivity index (χ3n) is 8.97. The Labute approximate surface area is 227 Å². The zero-order chi connectivity index (χ0) is 29.7. The lowest BCUT2D eigenvalue weighted by molar-refractivity contribution is -0.176. The van der Waals surface area contributed by atoms with Gasteiger partial charge in [-0.05, 0) is 47.3 Å². The van der Waals surface area contributed by atoms with E-state index >= 15 is 0 Å². The van der Waals surface area contributed by atoms with Gasteiger partial charge in [0.25, 0.3) is 0 Å². The maximum Gasteiger partial charge on any atom is 0.471 e. The molecule has 0 radical (unpaired) electrons. The molecule has 0 bridgehead atoms. The summed E-state index contributed by atoms with van der Waals surface area (Å²) in [7, 11) is 0. The normalized spacial score (nSPS) is 27.5. The molecule has 3 fully saturated rings. The molecular formula is C27H40F3N5O4. The van der Waals surface area contributed by atoms with Crippen molar-refractivity contribution in [1.82, 2.24) is 20.9 Å². The van der Waals surface area contributed by atoms with E-state index < -0.39 is 53.4 Å². The lowest BCUT2D eigenvalue weighted by atomic mass is 9.76. The van der Waals surface area contributed by atoms with Crippen molar-refractivity contribution < 1.29 is 32.3 Å². The van der Waals surface area contributed by atoms with E-state index in [1.54, 1.807) is 20.8 Å². The van der Waals surface area contributed by atoms with Crippen molar-refractivity contribution in [3.05, 3.63) is 0 Å². The molecule has 2 saturated heterocycles. The van der Waals surface area contributed by atoms with Gasteiger partial charge in [0.05, 0.1) is 6.07 Å². The number of halogens is 3. The second-order valence-electron chi connectivity index (χ2n) is 12.8. The van der Waals surface area contributed by atoms with Gasteiger partial charge >= 0.3 is 12.1 Å². The van der Waals surface area contributed by atoms with Crippen LogP contribution in [0.15, 0.2) is 0 Å². The summed E-state index contributed by atoms with van der Waals surface area (Å²) in [5.41, 5.74) is -1.34. The van der Waals surface area contributed by atoms with E-state index in [4.69, 9.17) is 0 Å². The van der Waals surface area contributed by atoms with Crippen LogP contribution in [0.1, 0.15) is 61.3 Å². The van der Waals surface area contributed by atoms with E-state index in [0.29, 0.717) is 13.0 Å². The highest BCUT2D eigenvalue weighted by Crippen LogP contribution is 2.72. The van der Waals surface area contributed by atoms with Crippen LogP contribution in [0.25, 0.3) is 0 Å². The molecule has 3 N–H and O–H groups in total. The SMILES string of the molecule is CC(C)C1(C(C)C)[C@@H]2[C@@H](C(=O)N[C@H](C#N)C[C@@H]3CCNC3=O)N(C(=O)[C@@H](NC(=O)C(F)(F)F)C(C)(C)C)C[C@@H]21. The van der Waals surface area contributed by atoms with Crippen LogP contribution in [0, 0.1) is 51.8 Å². The second-order valence-corrected chi connectivity index (χ2v) is 12.8. The van der Waals surface area contributed by atoms with Crippen LogP contribution in [0.2, 0.25) is 0 Å². The van der Waals surface area contributed by atoms with E-state index in [1.165, 1.54) is 4.90 Å². The third-order valence-corrected chi connectivity index (χ3v) is 8.97. The van der Waals surface area contributed by atoms with Gasteiger partial charge in [0.1, 0.15) is 18.1 Å². The molecule has 0 aromatic heterocycles. The smallest absolute Gasteiger partial charge is 0.356 e. The van der Waals surface area contributed by atoms with Gasteiger partial charge in [-0.3, -0.25) is 19.2 Å². The van der Waals surface area contributed by atoms with Gasteiger partial charge in [0.15, 0.2) is 0 Å². The van der Waals surface area contributed by atoms with Crippen molar-refractivity contribution in [3.63, 3.8) is 0 Å². The van der Waals surface area contributed by atoms with E-state index in [9.17, 15) is 37.6 Å². The van der Waals surface area contributed by atoms with Gasteiger partial charge in [-0.1, -0.05) is 48.5 Å². The van der Waals surface area contributed by atoms with Crippen LogP contribution in [-0.4, -0.2) is 65.9 Å². The minimum Gasteiger partial charge on any atom is -0.356 e. The Kier molecular flexibility index (Phi) is 8.36. The van der Waals surface area contributed by atoms with Gasteiger partial charge in [0, 0.05) is 19.0 Å². The maximum absolute atomic E-state index is 13.8. The minimum atomic E-state index is -5.18. The Morgan fingerprint density at radius 2 is 1.72 bits per heavy atom. The molecule has 2 aliphatic heterocycles. The number of fused-ring (bicyclic) bond motifs is 1. The Balaban J connectivity index is 1.93. The van der Waals surface area contributed by atoms with Crippen LogP contribution in [0.5, 0.6) is 0 Å². The molecule has 0 unspecified atom stereocenters. The molecule has 3 aliphatic rings. The predicted octanol–water partition coefficient (Wildman–Crippen LogP) is 2.37. The standard InChI is InChI=1S/C27H40F3N5O4/c1-13(2)26(14(3)4)17-12-35(23(38)20(25(5,6)7)34-24(39)27(28,29)30)19(18(17)26)22(37)33-16(11-31)10-15-8-9-32-21(15)36/h13-20H,8-10,12H2,1-7H3,(H,32,36)(H,33,37)(H,34,39)/t15-,16-,17-,18-,19-,20+/m0/s1. The number of hydrogen-bond donors (Lipinski definition) is 3. The topological polar surface area (TPSA) is 131 Å². The Morgan fingerprint density at radius 1 is 1.13 bits per heavy atom. The Morgan fingerprint density at radius 3 is 2.15 bits per heavy atom. The first-order valence-electron chi connectivity index (χ1n) is 13.5. The number of rotatable bonds is 8. The summed E-state index contributed by atoms with van der Waals surface area (Å²) in [4.78, 5) is 52.7. The number of likely N-dealkylation sites (tertiary alicyclic amines) is 1. The van der Waals surface area contributed by atoms with Gasteiger partial charge in [0.2, 0.25) is 17.7 Å². The number of piperidine rings is 1. The van der Waals surface area contributed by atoms with Crippen LogP contribution in [-0.2, 0) is 19.2 Å². The first kappa shape index (κ1) is 30.7. The largest absolute Gasteiger partial charge is 0.471 e. The van der Waals surface area contributed by atoms with E-state index in [0.717, 1.165) is 0 Å². The summed E-state index contributed by atoms with van der Waals surface area (Å²) in [5.74, 6) is -4.15. The van der Waals surface area contributed by atoms with Crippen LogP contribution in [0.4, 0.5) is 13.2 Å². The number of carbonyl (C=O) groups excluding carboxylic acids is 4. The zero-order valence-corrected chi connectivity index (χ0v) is 23.6. The fraction of sp³-hybridized carbons (Fsp3) is 0.815. The molecule has 6 atom stereocenters. The zero-order valence-electron chi connectivity index (χ0n) is 23.6. The molecule has 39 heavy (non-hydrogen) atoms. The molecular weight excluding hydrogens is 515 g/mol. The molecule has 2 heterocycles. The molecule has 9 nitrogen and oxygen atoms in total. The van der Waals surface area contributed by atoms with Crippen molar-refractivity contribution in [2.45, 2.75) is 85.6 Å². The first-order valence-corrected chi connectivity index (χ1v) is 13.5. The maximum atomic E-state index is 13.8. The van der Waals surface area contributed by atoms with Crippen LogP contribution >= 0.6 is 0 Å². The fourth-order valence-electron chi connectivity index (χ4n) is 7.23. The van der Waals surface area contributed by atoms with Crippen molar-refractivity contribution >= 4 is 23.6 Å². The number of hydrogen-bond acceptors (Lipinski definition) is 5.